The van der Waals surface area contributed by atoms with Crippen molar-refractivity contribution in [2.75, 3.05) is 13.7 Å². The average molecular weight is 354 g/mol. The van der Waals surface area contributed by atoms with E-state index in [-0.39, 0.29) is 0 Å². The lowest BCUT2D eigenvalue weighted by Gasteiger charge is -2.37. The van der Waals surface area contributed by atoms with Crippen molar-refractivity contribution in [1.82, 2.24) is 5.32 Å². The Labute approximate surface area is 137 Å². The summed E-state index contributed by atoms with van der Waals surface area (Å²) in [6.45, 7) is 7.96. The van der Waals surface area contributed by atoms with Gasteiger partial charge in [-0.3, -0.25) is 0 Å². The highest BCUT2D eigenvalue weighted by molar-refractivity contribution is 9.10. The first-order valence-corrected chi connectivity index (χ1v) is 8.91. The Hall–Kier alpha value is -0.540. The molecule has 1 fully saturated rings. The van der Waals surface area contributed by atoms with Crippen molar-refractivity contribution >= 4 is 15.9 Å². The third-order valence-electron chi connectivity index (χ3n) is 4.64. The first kappa shape index (κ1) is 16.8. The summed E-state index contributed by atoms with van der Waals surface area (Å²) in [5.41, 5.74) is 1.30. The molecular weight excluding hydrogens is 326 g/mol. The van der Waals surface area contributed by atoms with Crippen LogP contribution in [-0.2, 0) is 0 Å². The van der Waals surface area contributed by atoms with E-state index in [9.17, 15) is 0 Å². The maximum absolute atomic E-state index is 5.63. The van der Waals surface area contributed by atoms with E-state index in [1.165, 1.54) is 24.8 Å². The molecule has 1 saturated carbocycles. The molecular formula is C18H28BrNO. The number of hydrogen-bond acceptors (Lipinski definition) is 2. The molecule has 0 saturated heterocycles. The van der Waals surface area contributed by atoms with Crippen molar-refractivity contribution in [2.24, 2.45) is 17.8 Å². The van der Waals surface area contributed by atoms with Gasteiger partial charge in [-0.15, -0.1) is 0 Å². The summed E-state index contributed by atoms with van der Waals surface area (Å²) in [6, 6.07) is 6.80. The molecule has 0 radical (unpaired) electrons. The van der Waals surface area contributed by atoms with E-state index >= 15 is 0 Å². The molecule has 3 atom stereocenters. The summed E-state index contributed by atoms with van der Waals surface area (Å²) in [4.78, 5) is 0. The highest BCUT2D eigenvalue weighted by Crippen LogP contribution is 2.42. The molecule has 1 aliphatic carbocycles. The van der Waals surface area contributed by atoms with Crippen LogP contribution in [0, 0.1) is 17.8 Å². The number of nitrogens with one attached hydrogen (secondary N) is 1. The molecule has 1 aromatic rings. The molecule has 0 aliphatic heterocycles. The third-order valence-corrected chi connectivity index (χ3v) is 5.13. The average Bonchev–Trinajstić information content (AvgIpc) is 2.44. The van der Waals surface area contributed by atoms with Gasteiger partial charge in [0.05, 0.1) is 7.11 Å². The molecule has 0 bridgehead atoms. The topological polar surface area (TPSA) is 21.3 Å². The molecule has 0 aromatic heterocycles. The number of hydrogen-bond donors (Lipinski definition) is 1. The van der Waals surface area contributed by atoms with Gasteiger partial charge in [-0.2, -0.15) is 0 Å². The molecule has 3 unspecified atom stereocenters. The molecule has 0 spiro atoms. The van der Waals surface area contributed by atoms with Crippen LogP contribution in [0.2, 0.25) is 0 Å². The van der Waals surface area contributed by atoms with Crippen LogP contribution in [0.25, 0.3) is 0 Å². The first-order chi connectivity index (χ1) is 10.0. The largest absolute Gasteiger partial charge is 0.496 e. The van der Waals surface area contributed by atoms with Crippen LogP contribution >= 0.6 is 15.9 Å². The summed E-state index contributed by atoms with van der Waals surface area (Å²) < 4.78 is 6.70. The van der Waals surface area contributed by atoms with Gasteiger partial charge in [-0.05, 0) is 55.7 Å². The minimum Gasteiger partial charge on any atom is -0.496 e. The Bertz CT molecular complexity index is 453. The highest BCUT2D eigenvalue weighted by Gasteiger charge is 2.31. The summed E-state index contributed by atoms with van der Waals surface area (Å²) >= 11 is 3.54. The van der Waals surface area contributed by atoms with E-state index < -0.39 is 0 Å². The Morgan fingerprint density at radius 1 is 1.24 bits per heavy atom. The molecule has 0 amide bonds. The zero-order valence-electron chi connectivity index (χ0n) is 13.7. The standard InChI is InChI=1S/C18H28BrNO/c1-5-20-18(14-9-12(2)8-13(3)10-14)16-7-6-15(19)11-17(16)21-4/h6-7,11-14,18,20H,5,8-10H2,1-4H3. The maximum atomic E-state index is 5.63. The van der Waals surface area contributed by atoms with Gasteiger partial charge in [-0.25, -0.2) is 0 Å². The first-order valence-electron chi connectivity index (χ1n) is 8.11. The van der Waals surface area contributed by atoms with Crippen molar-refractivity contribution in [3.63, 3.8) is 0 Å². The molecule has 2 rings (SSSR count). The summed E-state index contributed by atoms with van der Waals surface area (Å²) in [7, 11) is 1.76. The minimum absolute atomic E-state index is 0.392. The molecule has 1 N–H and O–H groups in total. The van der Waals surface area contributed by atoms with Gasteiger partial charge in [0.25, 0.3) is 0 Å². The van der Waals surface area contributed by atoms with Crippen LogP contribution in [0.5, 0.6) is 5.75 Å². The van der Waals surface area contributed by atoms with E-state index in [0.717, 1.165) is 28.6 Å². The smallest absolute Gasteiger partial charge is 0.124 e. The highest BCUT2D eigenvalue weighted by atomic mass is 79.9. The predicted octanol–water partition coefficient (Wildman–Crippen LogP) is 5.18. The summed E-state index contributed by atoms with van der Waals surface area (Å²) in [6.07, 6.45) is 3.98. The van der Waals surface area contributed by atoms with Crippen LogP contribution in [0.3, 0.4) is 0 Å². The van der Waals surface area contributed by atoms with E-state index in [2.05, 4.69) is 60.2 Å². The molecule has 2 nitrogen and oxygen atoms in total. The van der Waals surface area contributed by atoms with Gasteiger partial charge in [-0.1, -0.05) is 42.8 Å². The van der Waals surface area contributed by atoms with Crippen molar-refractivity contribution in [2.45, 2.75) is 46.1 Å². The number of ether oxygens (including phenoxy) is 1. The molecule has 3 heteroatoms. The van der Waals surface area contributed by atoms with Crippen LogP contribution in [0.15, 0.2) is 22.7 Å². The lowest BCUT2D eigenvalue weighted by atomic mass is 9.72. The second kappa shape index (κ2) is 7.64. The fraction of sp³-hybridized carbons (Fsp3) is 0.667. The number of methoxy groups -OCH3 is 1. The van der Waals surface area contributed by atoms with Crippen LogP contribution < -0.4 is 10.1 Å². The number of rotatable bonds is 5. The fourth-order valence-electron chi connectivity index (χ4n) is 3.97. The quantitative estimate of drug-likeness (QED) is 0.787. The monoisotopic (exact) mass is 353 g/mol. The van der Waals surface area contributed by atoms with Crippen LogP contribution in [0.4, 0.5) is 0 Å². The zero-order valence-corrected chi connectivity index (χ0v) is 15.2. The van der Waals surface area contributed by atoms with Crippen molar-refractivity contribution in [3.05, 3.63) is 28.2 Å². The molecule has 1 aliphatic rings. The maximum Gasteiger partial charge on any atom is 0.124 e. The SMILES string of the molecule is CCNC(c1ccc(Br)cc1OC)C1CC(C)CC(C)C1. The predicted molar refractivity (Wildman–Crippen MR) is 92.8 cm³/mol. The Kier molecular flexibility index (Phi) is 6.12. The molecule has 21 heavy (non-hydrogen) atoms. The summed E-state index contributed by atoms with van der Waals surface area (Å²) in [5, 5.41) is 3.71. The second-order valence-electron chi connectivity index (χ2n) is 6.60. The van der Waals surface area contributed by atoms with Gasteiger partial charge in [0, 0.05) is 16.1 Å². The van der Waals surface area contributed by atoms with Crippen molar-refractivity contribution in [3.8, 4) is 5.75 Å². The third kappa shape index (κ3) is 4.23. The fourth-order valence-corrected chi connectivity index (χ4v) is 4.31. The Balaban J connectivity index is 2.30. The van der Waals surface area contributed by atoms with Crippen molar-refractivity contribution < 1.29 is 4.74 Å². The van der Waals surface area contributed by atoms with E-state index in [4.69, 9.17) is 4.74 Å². The Morgan fingerprint density at radius 2 is 1.90 bits per heavy atom. The van der Waals surface area contributed by atoms with Gasteiger partial charge < -0.3 is 10.1 Å². The lowest BCUT2D eigenvalue weighted by molar-refractivity contribution is 0.175. The van der Waals surface area contributed by atoms with Gasteiger partial charge in [0.1, 0.15) is 5.75 Å². The van der Waals surface area contributed by atoms with E-state index in [1.807, 2.05) is 0 Å². The van der Waals surface area contributed by atoms with Crippen LogP contribution in [-0.4, -0.2) is 13.7 Å². The minimum atomic E-state index is 0.392. The summed E-state index contributed by atoms with van der Waals surface area (Å²) in [5.74, 6) is 3.32. The van der Waals surface area contributed by atoms with Crippen LogP contribution in [0.1, 0.15) is 51.6 Å². The van der Waals surface area contributed by atoms with Gasteiger partial charge in [0.15, 0.2) is 0 Å². The van der Waals surface area contributed by atoms with Crippen molar-refractivity contribution in [1.29, 1.82) is 0 Å². The Morgan fingerprint density at radius 3 is 2.48 bits per heavy atom. The zero-order chi connectivity index (χ0) is 15.4. The van der Waals surface area contributed by atoms with E-state index in [0.29, 0.717) is 12.0 Å². The number of benzene rings is 1. The van der Waals surface area contributed by atoms with Gasteiger partial charge in [0.2, 0.25) is 0 Å². The lowest BCUT2D eigenvalue weighted by Crippen LogP contribution is -2.33. The molecule has 0 heterocycles. The molecule has 118 valence electrons. The molecule has 1 aromatic carbocycles. The number of halogens is 1. The van der Waals surface area contributed by atoms with E-state index in [1.54, 1.807) is 7.11 Å². The normalized spacial score (nSPS) is 27.4. The second-order valence-corrected chi connectivity index (χ2v) is 7.51. The van der Waals surface area contributed by atoms with Gasteiger partial charge >= 0.3 is 0 Å².